The summed E-state index contributed by atoms with van der Waals surface area (Å²) in [4.78, 5) is 107. The maximum absolute atomic E-state index is 12.4. The monoisotopic (exact) mass is 1320 g/mol. The van der Waals surface area contributed by atoms with Gasteiger partial charge in [-0.1, -0.05) is 78.1 Å². The van der Waals surface area contributed by atoms with E-state index in [1.54, 1.807) is 0 Å². The van der Waals surface area contributed by atoms with Crippen LogP contribution in [0.25, 0.3) is 5.73 Å². The second-order valence-corrected chi connectivity index (χ2v) is 17.8. The van der Waals surface area contributed by atoms with Gasteiger partial charge in [-0.05, 0) is 38.5 Å². The number of hydrogen-bond acceptors (Lipinski definition) is 14. The Morgan fingerprint density at radius 2 is 0.872 bits per heavy atom. The van der Waals surface area contributed by atoms with Crippen LogP contribution in [0, 0.1) is 6.08 Å². The Labute approximate surface area is 486 Å². The minimum absolute atomic E-state index is 0. The molecule has 0 aromatic rings. The van der Waals surface area contributed by atoms with Crippen molar-refractivity contribution in [3.8, 4) is 0 Å². The number of hydrazone groups is 1. The zero-order valence-electron chi connectivity index (χ0n) is 44.7. The van der Waals surface area contributed by atoms with Gasteiger partial charge in [-0.3, -0.25) is 41.4 Å². The van der Waals surface area contributed by atoms with E-state index in [9.17, 15) is 58.5 Å². The molecule has 0 fully saturated rings. The molecule has 25 nitrogen and oxygen atoms in total. The number of ether oxygens (including phenoxy) is 4. The summed E-state index contributed by atoms with van der Waals surface area (Å²) >= 11 is 0. The van der Waals surface area contributed by atoms with Crippen molar-refractivity contribution in [3.63, 3.8) is 0 Å². The number of unbranched alkanes of at least 4 members (excludes halogenated alkanes) is 12. The third kappa shape index (κ3) is 51.0. The largest absolute Gasteiger partial charge is 0.700 e. The first-order valence-corrected chi connectivity index (χ1v) is 26.1. The quantitative estimate of drug-likeness (QED) is 0.0138. The van der Waals surface area contributed by atoms with Crippen molar-refractivity contribution in [2.24, 2.45) is 0 Å². The molecule has 0 aliphatic heterocycles. The van der Waals surface area contributed by atoms with Crippen molar-refractivity contribution in [2.75, 3.05) is 79.0 Å². The summed E-state index contributed by atoms with van der Waals surface area (Å²) in [7, 11) is 0. The van der Waals surface area contributed by atoms with Crippen molar-refractivity contribution in [1.82, 2.24) is 32.0 Å². The zero-order chi connectivity index (χ0) is 55.9. The molecule has 0 bridgehead atoms. The number of aliphatic carboxylic acids is 4. The van der Waals surface area contributed by atoms with Crippen LogP contribution in [0.3, 0.4) is 0 Å². The van der Waals surface area contributed by atoms with Gasteiger partial charge in [0.2, 0.25) is 29.5 Å². The zero-order valence-corrected chi connectivity index (χ0v) is 49.0. The van der Waals surface area contributed by atoms with Crippen LogP contribution in [0.2, 0.25) is 0 Å². The van der Waals surface area contributed by atoms with Crippen LogP contribution in [-0.2, 0) is 102 Å². The summed E-state index contributed by atoms with van der Waals surface area (Å²) in [5.41, 5.74) is 10.4. The van der Waals surface area contributed by atoms with Gasteiger partial charge in [0, 0.05) is 91.4 Å². The Balaban J connectivity index is -0.00000913. The molecule has 0 aromatic carbocycles. The summed E-state index contributed by atoms with van der Waals surface area (Å²) in [6.07, 6.45) is 16.4. The van der Waals surface area contributed by atoms with Crippen LogP contribution in [0.15, 0.2) is 6.58 Å². The number of hydrogen-bond donors (Lipinski definition) is 10. The van der Waals surface area contributed by atoms with Gasteiger partial charge in [-0.25, -0.2) is 14.4 Å². The SMILES string of the molecule is C.C=[C-][C@@H]([NH-])CCCCNC(=O)CC[C@H](NC(=O)CCC(NC(=O)COCCOCCNC(=O)COCCOCCNC(=O)CCC(N[N+](=C)CCCCCCCCCCCCCCC(=O)O)C(=O)O)C(=O)O)C(=O)O.[V].[W]. The van der Waals surface area contributed by atoms with Crippen molar-refractivity contribution in [1.29, 1.82) is 0 Å². The number of rotatable bonds is 53. The third-order valence-electron chi connectivity index (χ3n) is 11.3. The minimum atomic E-state index is -1.47. The van der Waals surface area contributed by atoms with Crippen molar-refractivity contribution < 1.29 is 127 Å². The molecule has 0 rings (SSSR count). The van der Waals surface area contributed by atoms with Gasteiger partial charge < -0.3 is 77.8 Å². The van der Waals surface area contributed by atoms with E-state index >= 15 is 0 Å². The summed E-state index contributed by atoms with van der Waals surface area (Å²) in [6, 6.07) is -4.33. The number of nitrogens with zero attached hydrogens (tertiary/aromatic N) is 1. The summed E-state index contributed by atoms with van der Waals surface area (Å²) in [5.74, 6) is -7.29. The fourth-order valence-electron chi connectivity index (χ4n) is 7.04. The number of carboxylic acid groups (broad SMARTS) is 4. The Hall–Kier alpha value is -4.49. The van der Waals surface area contributed by atoms with Crippen LogP contribution in [0.4, 0.5) is 0 Å². The van der Waals surface area contributed by atoms with E-state index in [4.69, 9.17) is 29.8 Å². The van der Waals surface area contributed by atoms with Gasteiger partial charge in [-0.2, -0.15) is 5.43 Å². The molecule has 2 unspecified atom stereocenters. The van der Waals surface area contributed by atoms with Crippen LogP contribution < -0.4 is 32.0 Å². The van der Waals surface area contributed by atoms with Crippen LogP contribution in [-0.4, -0.2) is 188 Å². The van der Waals surface area contributed by atoms with E-state index in [-0.39, 0.29) is 151 Å². The second kappa shape index (κ2) is 54.5. The van der Waals surface area contributed by atoms with Crippen LogP contribution >= 0.6 is 0 Å². The normalized spacial score (nSPS) is 12.1. The fourth-order valence-corrected chi connectivity index (χ4v) is 7.04. The Kier molecular flexibility index (Phi) is 55.9. The maximum Gasteiger partial charge on any atom is 0.331 e. The molecule has 0 aliphatic rings. The predicted octanol–water partition coefficient (Wildman–Crippen LogP) is 2.92. The van der Waals surface area contributed by atoms with Gasteiger partial charge in [0.1, 0.15) is 25.3 Å². The average molecular weight is 1320 g/mol. The molecule has 11 N–H and O–H groups in total. The van der Waals surface area contributed by atoms with E-state index in [1.807, 2.05) is 0 Å². The number of nitrogens with one attached hydrogen (secondary N) is 7. The minimum Gasteiger partial charge on any atom is -0.700 e. The van der Waals surface area contributed by atoms with Crippen molar-refractivity contribution in [2.45, 2.75) is 173 Å². The molecule has 0 aliphatic carbocycles. The summed E-state index contributed by atoms with van der Waals surface area (Å²) in [6.45, 7) is 8.42. The molecule has 0 saturated carbocycles. The number of carbonyl (C=O) groups is 9. The van der Waals surface area contributed by atoms with Crippen LogP contribution in [0.1, 0.15) is 149 Å². The first-order chi connectivity index (χ1) is 35.9. The van der Waals surface area contributed by atoms with Gasteiger partial charge in [0.15, 0.2) is 19.3 Å². The molecule has 449 valence electrons. The molecule has 78 heavy (non-hydrogen) atoms. The van der Waals surface area contributed by atoms with Crippen molar-refractivity contribution >= 4 is 60.1 Å². The predicted molar refractivity (Wildman–Crippen MR) is 281 cm³/mol. The van der Waals surface area contributed by atoms with Gasteiger partial charge >= 0.3 is 23.9 Å². The summed E-state index contributed by atoms with van der Waals surface area (Å²) in [5, 5.41) is 49.7. The molecule has 1 radical (unpaired) electrons. The van der Waals surface area contributed by atoms with Gasteiger partial charge in [0.25, 0.3) is 0 Å². The first-order valence-electron chi connectivity index (χ1n) is 26.1. The maximum atomic E-state index is 12.4. The number of amides is 5. The number of carboxylic acids is 4. The topological polar surface area (TPSA) is 370 Å². The first kappa shape index (κ1) is 80.0. The summed E-state index contributed by atoms with van der Waals surface area (Å²) < 4.78 is 22.7. The Morgan fingerprint density at radius 3 is 1.35 bits per heavy atom. The van der Waals surface area contributed by atoms with Gasteiger partial charge in [0.05, 0.1) is 39.6 Å². The van der Waals surface area contributed by atoms with E-state index in [1.165, 1.54) is 30.4 Å². The molecule has 4 atom stereocenters. The molecule has 0 aromatic heterocycles. The van der Waals surface area contributed by atoms with E-state index < -0.39 is 84.7 Å². The Morgan fingerprint density at radius 1 is 0.474 bits per heavy atom. The van der Waals surface area contributed by atoms with E-state index in [0.29, 0.717) is 32.4 Å². The van der Waals surface area contributed by atoms with E-state index in [2.05, 4.69) is 51.4 Å². The molecule has 27 heteroatoms. The molecule has 0 spiro atoms. The van der Waals surface area contributed by atoms with Crippen molar-refractivity contribution in [3.05, 3.63) is 18.4 Å². The third-order valence-corrected chi connectivity index (χ3v) is 11.3. The Bertz CT molecular complexity index is 1710. The molecule has 0 heterocycles. The fraction of sp³-hybridized carbons (Fsp3) is 0.765. The van der Waals surface area contributed by atoms with Gasteiger partial charge in [-0.15, -0.1) is 4.68 Å². The molecule has 5 amide bonds. The van der Waals surface area contributed by atoms with E-state index in [0.717, 1.165) is 51.4 Å². The molecule has 0 saturated heterocycles. The second-order valence-electron chi connectivity index (χ2n) is 17.8. The molecular weight excluding hydrogens is 1230 g/mol. The average Bonchev–Trinajstić information content (AvgIpc) is 3.36. The molecular formula is C51H91N8O17VW-. The van der Waals surface area contributed by atoms with Crippen LogP contribution in [0.5, 0.6) is 0 Å². The standard InChI is InChI=1S/C50H87N8O17.CH4.V.W/c1-3-38(51)18-15-16-26-52-42(59)23-20-39(48(66)67)55-44(61)25-21-40(49(68)69)56-46(63)37-75-35-33-73-31-28-54-45(62)36-74-34-32-72-30-27-53-43(60)24-22-41(50(70)71)57-58(2)29-17-13-11-9-7-5-4-6-8-10-12-14-19-47(64)65;;;/h38-41,51,57H,1-2,4-37H2,(H,52,59)(H,53,60)(H,54,62)(H,55,61)(H,56,63)(H,64,65)(H,66,67)(H,68,69)(H,70,71);1H4;;/q-1;;;/t38-,39+,40?,41?;;;/m1.../s1. The smallest absolute Gasteiger partial charge is 0.331 e. The number of hydrazine groups is 1. The number of carbonyl (C=O) groups excluding carboxylic acids is 5.